The molecule has 0 unspecified atom stereocenters. The molecule has 1 aliphatic heterocycles. The molecule has 4 heterocycles. The van der Waals surface area contributed by atoms with Crippen LogP contribution in [0.2, 0.25) is 0 Å². The highest BCUT2D eigenvalue weighted by atomic mass is 15.1. The van der Waals surface area contributed by atoms with Gasteiger partial charge in [-0.15, -0.1) is 0 Å². The third-order valence-electron chi connectivity index (χ3n) is 7.54. The van der Waals surface area contributed by atoms with Gasteiger partial charge in [0.05, 0.1) is 22.5 Å². The van der Waals surface area contributed by atoms with Gasteiger partial charge >= 0.3 is 0 Å². The summed E-state index contributed by atoms with van der Waals surface area (Å²) in [6, 6.07) is 21.2. The van der Waals surface area contributed by atoms with E-state index < -0.39 is 0 Å². The fraction of sp³-hybridized carbons (Fsp3) is 0.258. The molecule has 6 rings (SSSR count). The van der Waals surface area contributed by atoms with Crippen molar-refractivity contribution in [2.45, 2.75) is 32.2 Å². The third kappa shape index (κ3) is 4.22. The molecule has 1 saturated heterocycles. The lowest BCUT2D eigenvalue weighted by atomic mass is 10.0. The van der Waals surface area contributed by atoms with Crippen LogP contribution in [0.1, 0.15) is 30.9 Å². The first-order valence-electron chi connectivity index (χ1n) is 13.0. The van der Waals surface area contributed by atoms with Gasteiger partial charge in [0.25, 0.3) is 0 Å². The highest BCUT2D eigenvalue weighted by Gasteiger charge is 2.22. The number of nitrogens with zero attached hydrogens (tertiary/aromatic N) is 5. The first-order valence-corrected chi connectivity index (χ1v) is 13.0. The molecule has 1 N–H and O–H groups in total. The van der Waals surface area contributed by atoms with Gasteiger partial charge in [-0.25, -0.2) is 4.98 Å². The Bertz CT molecular complexity index is 1640. The van der Waals surface area contributed by atoms with Gasteiger partial charge in [0.2, 0.25) is 0 Å². The number of nitrogens with one attached hydrogen (secondary N) is 1. The molecule has 0 radical (unpaired) electrons. The zero-order valence-corrected chi connectivity index (χ0v) is 21.3. The topological polar surface area (TPSA) is 69.8 Å². The molecule has 0 amide bonds. The van der Waals surface area contributed by atoms with E-state index >= 15 is 0 Å². The molecule has 184 valence electrons. The van der Waals surface area contributed by atoms with Crippen LogP contribution in [-0.2, 0) is 6.42 Å². The molecule has 0 spiro atoms. The molecular formula is C31H30N6. The van der Waals surface area contributed by atoms with Crippen molar-refractivity contribution in [3.8, 4) is 22.9 Å². The van der Waals surface area contributed by atoms with E-state index in [1.54, 1.807) is 0 Å². The summed E-state index contributed by atoms with van der Waals surface area (Å²) in [5.41, 5.74) is 7.81. The number of hydrogen-bond acceptors (Lipinski definition) is 5. The summed E-state index contributed by atoms with van der Waals surface area (Å²) in [5.74, 6) is 0. The summed E-state index contributed by atoms with van der Waals surface area (Å²) in [6.07, 6.45) is 9.00. The quantitative estimate of drug-likeness (QED) is 0.321. The monoisotopic (exact) mass is 486 g/mol. The second-order valence-corrected chi connectivity index (χ2v) is 9.89. The van der Waals surface area contributed by atoms with E-state index in [2.05, 4.69) is 65.3 Å². The van der Waals surface area contributed by atoms with Crippen LogP contribution in [0.15, 0.2) is 73.2 Å². The van der Waals surface area contributed by atoms with Crippen LogP contribution < -0.4 is 5.32 Å². The second kappa shape index (κ2) is 9.68. The number of fused-ring (bicyclic) bond motifs is 2. The number of piperidine rings is 1. The molecular weight excluding hydrogens is 456 g/mol. The minimum Gasteiger partial charge on any atom is -0.379 e. The van der Waals surface area contributed by atoms with E-state index in [0.717, 1.165) is 76.8 Å². The van der Waals surface area contributed by atoms with Crippen molar-refractivity contribution in [1.82, 2.24) is 19.4 Å². The van der Waals surface area contributed by atoms with Gasteiger partial charge in [0, 0.05) is 41.0 Å². The molecule has 6 heteroatoms. The van der Waals surface area contributed by atoms with Gasteiger partial charge in [0.1, 0.15) is 11.7 Å². The Morgan fingerprint density at radius 3 is 2.70 bits per heavy atom. The van der Waals surface area contributed by atoms with E-state index in [1.807, 2.05) is 42.7 Å². The Kier molecular flexibility index (Phi) is 6.07. The fourth-order valence-electron chi connectivity index (χ4n) is 5.48. The molecule has 0 aliphatic carbocycles. The van der Waals surface area contributed by atoms with Crippen molar-refractivity contribution in [3.05, 3.63) is 84.3 Å². The summed E-state index contributed by atoms with van der Waals surface area (Å²) in [6.45, 7) is 4.29. The smallest absolute Gasteiger partial charge is 0.145 e. The Hall–Kier alpha value is -4.21. The van der Waals surface area contributed by atoms with Crippen molar-refractivity contribution in [3.63, 3.8) is 0 Å². The third-order valence-corrected chi connectivity index (χ3v) is 7.54. The largest absolute Gasteiger partial charge is 0.379 e. The zero-order chi connectivity index (χ0) is 25.4. The number of aryl methyl sites for hydroxylation is 1. The zero-order valence-electron chi connectivity index (χ0n) is 21.3. The maximum Gasteiger partial charge on any atom is 0.145 e. The summed E-state index contributed by atoms with van der Waals surface area (Å²) in [5, 5.41) is 16.0. The van der Waals surface area contributed by atoms with Gasteiger partial charge < -0.3 is 10.2 Å². The van der Waals surface area contributed by atoms with Crippen LogP contribution in [0.5, 0.6) is 0 Å². The number of pyridine rings is 2. The van der Waals surface area contributed by atoms with E-state index in [4.69, 9.17) is 9.97 Å². The summed E-state index contributed by atoms with van der Waals surface area (Å²) < 4.78 is 2.16. The van der Waals surface area contributed by atoms with Crippen molar-refractivity contribution >= 4 is 27.6 Å². The number of rotatable bonds is 5. The van der Waals surface area contributed by atoms with Gasteiger partial charge in [0.15, 0.2) is 0 Å². The van der Waals surface area contributed by atoms with Crippen molar-refractivity contribution in [2.75, 3.05) is 25.5 Å². The summed E-state index contributed by atoms with van der Waals surface area (Å²) in [7, 11) is 2.16. The average Bonchev–Trinajstić information content (AvgIpc) is 3.33. The maximum absolute atomic E-state index is 9.98. The first-order chi connectivity index (χ1) is 18.2. The number of hydrogen-bond donors (Lipinski definition) is 1. The van der Waals surface area contributed by atoms with Crippen molar-refractivity contribution in [1.29, 1.82) is 5.26 Å². The molecule has 0 atom stereocenters. The van der Waals surface area contributed by atoms with Gasteiger partial charge in [-0.3, -0.25) is 9.55 Å². The Balaban J connectivity index is 1.51. The number of likely N-dealkylation sites (tertiary alicyclic amines) is 1. The minimum absolute atomic E-state index is 0.337. The molecule has 0 bridgehead atoms. The lowest BCUT2D eigenvalue weighted by molar-refractivity contribution is 0.264. The van der Waals surface area contributed by atoms with E-state index in [9.17, 15) is 5.26 Å². The lowest BCUT2D eigenvalue weighted by Crippen LogP contribution is -2.37. The highest BCUT2D eigenvalue weighted by Crippen LogP contribution is 2.36. The van der Waals surface area contributed by atoms with Crippen molar-refractivity contribution < 1.29 is 0 Å². The normalized spacial score (nSPS) is 14.7. The molecule has 2 aromatic carbocycles. The lowest BCUT2D eigenvalue weighted by Gasteiger charge is -2.31. The van der Waals surface area contributed by atoms with E-state index in [-0.39, 0.29) is 0 Å². The summed E-state index contributed by atoms with van der Waals surface area (Å²) in [4.78, 5) is 11.9. The van der Waals surface area contributed by atoms with Crippen LogP contribution >= 0.6 is 0 Å². The van der Waals surface area contributed by atoms with Gasteiger partial charge in [-0.05, 0) is 80.9 Å². The number of aromatic nitrogens is 3. The molecule has 0 saturated carbocycles. The SMILES string of the molecule is CCc1cn(-c2cccc(C#N)c2NC2CCN(C)CC2)c2nccc(-c3cnc4ccccc4c3)c12. The van der Waals surface area contributed by atoms with Crippen LogP contribution in [0, 0.1) is 11.3 Å². The van der Waals surface area contributed by atoms with Crippen LogP contribution in [0.4, 0.5) is 5.69 Å². The fourth-order valence-corrected chi connectivity index (χ4v) is 5.48. The predicted octanol–water partition coefficient (Wildman–Crippen LogP) is 6.18. The molecule has 5 aromatic rings. The number of nitriles is 1. The maximum atomic E-state index is 9.98. The molecule has 37 heavy (non-hydrogen) atoms. The minimum atomic E-state index is 0.337. The highest BCUT2D eigenvalue weighted by molar-refractivity contribution is 5.98. The van der Waals surface area contributed by atoms with Gasteiger partial charge in [-0.1, -0.05) is 31.2 Å². The molecule has 3 aromatic heterocycles. The second-order valence-electron chi connectivity index (χ2n) is 9.89. The number of benzene rings is 2. The molecule has 1 fully saturated rings. The van der Waals surface area contributed by atoms with Gasteiger partial charge in [-0.2, -0.15) is 5.26 Å². The Labute approximate surface area is 217 Å². The van der Waals surface area contributed by atoms with E-state index in [1.165, 1.54) is 5.56 Å². The molecule has 6 nitrogen and oxygen atoms in total. The standard InChI is InChI=1S/C31H30N6/c1-3-21-20-37(28-10-6-8-23(18-32)30(28)35-25-12-15-36(2)16-13-25)31-29(21)26(11-14-33-31)24-17-22-7-4-5-9-27(22)34-19-24/h4-11,14,17,19-20,25,35H,3,12-13,15-16H2,1-2H3. The van der Waals surface area contributed by atoms with Crippen LogP contribution in [0.25, 0.3) is 38.8 Å². The first kappa shape index (κ1) is 23.2. The molecule has 1 aliphatic rings. The Morgan fingerprint density at radius 2 is 1.89 bits per heavy atom. The number of para-hydroxylation sites is 2. The van der Waals surface area contributed by atoms with Crippen LogP contribution in [-0.4, -0.2) is 45.6 Å². The van der Waals surface area contributed by atoms with E-state index in [0.29, 0.717) is 11.6 Å². The summed E-state index contributed by atoms with van der Waals surface area (Å²) >= 11 is 0. The predicted molar refractivity (Wildman–Crippen MR) is 150 cm³/mol. The van der Waals surface area contributed by atoms with Crippen molar-refractivity contribution in [2.24, 2.45) is 0 Å². The van der Waals surface area contributed by atoms with Crippen LogP contribution in [0.3, 0.4) is 0 Å². The number of anilines is 1. The average molecular weight is 487 g/mol. The Morgan fingerprint density at radius 1 is 1.05 bits per heavy atom.